The maximum Gasteiger partial charge on any atom is 0.0608 e. The molecule has 0 saturated heterocycles. The van der Waals surface area contributed by atoms with E-state index in [2.05, 4.69) is 71.7 Å². The molecule has 0 amide bonds. The molecule has 2 aromatic carbocycles. The van der Waals surface area contributed by atoms with Crippen molar-refractivity contribution in [2.24, 2.45) is 0 Å². The summed E-state index contributed by atoms with van der Waals surface area (Å²) in [6, 6.07) is 19.7. The zero-order valence-electron chi connectivity index (χ0n) is 10.6. The molecule has 92 valence electrons. The van der Waals surface area contributed by atoms with Crippen LogP contribution >= 0.6 is 0 Å². The van der Waals surface area contributed by atoms with Gasteiger partial charge in [-0.25, -0.2) is 0 Å². The number of hydrogen-bond donors (Lipinski definition) is 1. The normalized spacial score (nSPS) is 18.1. The largest absolute Gasteiger partial charge is 0.381 e. The van der Waals surface area contributed by atoms with Gasteiger partial charge >= 0.3 is 0 Å². The monoisotopic (exact) mass is 238 g/mol. The molecule has 0 bridgehead atoms. The third-order valence-electron chi connectivity index (χ3n) is 3.53. The van der Waals surface area contributed by atoms with Gasteiger partial charge in [0.15, 0.2) is 0 Å². The smallest absolute Gasteiger partial charge is 0.0608 e. The van der Waals surface area contributed by atoms with Crippen LogP contribution in [0.3, 0.4) is 0 Å². The lowest BCUT2D eigenvalue weighted by molar-refractivity contribution is 0.641. The summed E-state index contributed by atoms with van der Waals surface area (Å²) in [5.74, 6) is 0. The SMILES string of the molecule is CC1CNc2ccccc2N1Cc1ccccc1. The topological polar surface area (TPSA) is 15.3 Å². The first-order valence-electron chi connectivity index (χ1n) is 6.48. The van der Waals surface area contributed by atoms with Crippen LogP contribution in [0.1, 0.15) is 12.5 Å². The third-order valence-corrected chi connectivity index (χ3v) is 3.53. The van der Waals surface area contributed by atoms with E-state index in [9.17, 15) is 0 Å². The van der Waals surface area contributed by atoms with Gasteiger partial charge < -0.3 is 10.2 Å². The molecule has 0 aliphatic carbocycles. The lowest BCUT2D eigenvalue weighted by Crippen LogP contribution is -2.41. The Morgan fingerprint density at radius 2 is 1.78 bits per heavy atom. The predicted octanol–water partition coefficient (Wildman–Crippen LogP) is 3.51. The van der Waals surface area contributed by atoms with Crippen molar-refractivity contribution < 1.29 is 0 Å². The van der Waals surface area contributed by atoms with E-state index in [4.69, 9.17) is 0 Å². The molecular formula is C16H18N2. The summed E-state index contributed by atoms with van der Waals surface area (Å²) < 4.78 is 0. The molecule has 0 saturated carbocycles. The fourth-order valence-corrected chi connectivity index (χ4v) is 2.50. The summed E-state index contributed by atoms with van der Waals surface area (Å²) in [4.78, 5) is 2.47. The fraction of sp³-hybridized carbons (Fsp3) is 0.250. The Morgan fingerprint density at radius 3 is 2.61 bits per heavy atom. The minimum Gasteiger partial charge on any atom is -0.381 e. The van der Waals surface area contributed by atoms with Crippen molar-refractivity contribution in [3.63, 3.8) is 0 Å². The van der Waals surface area contributed by atoms with Gasteiger partial charge in [-0.05, 0) is 24.6 Å². The van der Waals surface area contributed by atoms with Crippen molar-refractivity contribution >= 4 is 11.4 Å². The van der Waals surface area contributed by atoms with Crippen molar-refractivity contribution in [2.75, 3.05) is 16.8 Å². The zero-order chi connectivity index (χ0) is 12.4. The second-order valence-corrected chi connectivity index (χ2v) is 4.86. The van der Waals surface area contributed by atoms with Crippen LogP contribution < -0.4 is 10.2 Å². The minimum absolute atomic E-state index is 0.514. The first-order chi connectivity index (χ1) is 8.84. The van der Waals surface area contributed by atoms with Crippen molar-refractivity contribution in [3.8, 4) is 0 Å². The maximum absolute atomic E-state index is 3.49. The lowest BCUT2D eigenvalue weighted by atomic mass is 10.1. The summed E-state index contributed by atoms with van der Waals surface area (Å²) in [5.41, 5.74) is 3.91. The first-order valence-corrected chi connectivity index (χ1v) is 6.48. The van der Waals surface area contributed by atoms with Crippen molar-refractivity contribution in [2.45, 2.75) is 19.5 Å². The van der Waals surface area contributed by atoms with E-state index < -0.39 is 0 Å². The summed E-state index contributed by atoms with van der Waals surface area (Å²) in [5, 5.41) is 3.49. The van der Waals surface area contributed by atoms with Gasteiger partial charge in [0.1, 0.15) is 0 Å². The molecule has 18 heavy (non-hydrogen) atoms. The highest BCUT2D eigenvalue weighted by Gasteiger charge is 2.22. The number of benzene rings is 2. The van der Waals surface area contributed by atoms with Crippen LogP contribution in [0.5, 0.6) is 0 Å². The highest BCUT2D eigenvalue weighted by atomic mass is 15.2. The standard InChI is InChI=1S/C16H18N2/c1-13-11-17-15-9-5-6-10-16(15)18(13)12-14-7-3-2-4-8-14/h2-10,13,17H,11-12H2,1H3. The Labute approximate surface area is 108 Å². The van der Waals surface area contributed by atoms with E-state index in [1.165, 1.54) is 16.9 Å². The van der Waals surface area contributed by atoms with Crippen molar-refractivity contribution in [1.29, 1.82) is 0 Å². The first kappa shape index (κ1) is 11.1. The lowest BCUT2D eigenvalue weighted by Gasteiger charge is -2.37. The average Bonchev–Trinajstić information content (AvgIpc) is 2.43. The van der Waals surface area contributed by atoms with Gasteiger partial charge in [0.05, 0.1) is 11.4 Å². The molecule has 1 aliphatic rings. The van der Waals surface area contributed by atoms with Crippen LogP contribution in [0.15, 0.2) is 54.6 Å². The van der Waals surface area contributed by atoms with Crippen LogP contribution in [0, 0.1) is 0 Å². The van der Waals surface area contributed by atoms with E-state index in [1.807, 2.05) is 0 Å². The Kier molecular flexibility index (Phi) is 2.93. The molecule has 1 aliphatic heterocycles. The summed E-state index contributed by atoms with van der Waals surface area (Å²) >= 11 is 0. The van der Waals surface area contributed by atoms with Gasteiger partial charge in [0.25, 0.3) is 0 Å². The van der Waals surface area contributed by atoms with E-state index in [-0.39, 0.29) is 0 Å². The van der Waals surface area contributed by atoms with Crippen LogP contribution in [-0.4, -0.2) is 12.6 Å². The minimum atomic E-state index is 0.514. The third kappa shape index (κ3) is 2.06. The molecule has 0 spiro atoms. The van der Waals surface area contributed by atoms with Crippen LogP contribution in [-0.2, 0) is 6.54 Å². The molecule has 1 unspecified atom stereocenters. The molecule has 0 radical (unpaired) electrons. The molecule has 0 aromatic heterocycles. The molecule has 2 nitrogen and oxygen atoms in total. The number of para-hydroxylation sites is 2. The number of nitrogens with one attached hydrogen (secondary N) is 1. The Hall–Kier alpha value is -1.96. The summed E-state index contributed by atoms with van der Waals surface area (Å²) in [6.07, 6.45) is 0. The molecule has 0 fully saturated rings. The molecular weight excluding hydrogens is 220 g/mol. The molecule has 1 N–H and O–H groups in total. The van der Waals surface area contributed by atoms with Gasteiger partial charge in [-0.1, -0.05) is 42.5 Å². The van der Waals surface area contributed by atoms with Crippen molar-refractivity contribution in [3.05, 3.63) is 60.2 Å². The number of anilines is 2. The van der Waals surface area contributed by atoms with Gasteiger partial charge in [-0.2, -0.15) is 0 Å². The van der Waals surface area contributed by atoms with Gasteiger partial charge in [-0.3, -0.25) is 0 Å². The van der Waals surface area contributed by atoms with E-state index in [0.29, 0.717) is 6.04 Å². The number of hydrogen-bond acceptors (Lipinski definition) is 2. The average molecular weight is 238 g/mol. The Morgan fingerprint density at radius 1 is 1.06 bits per heavy atom. The molecule has 2 aromatic rings. The van der Waals surface area contributed by atoms with Crippen LogP contribution in [0.25, 0.3) is 0 Å². The number of nitrogens with zero attached hydrogens (tertiary/aromatic N) is 1. The van der Waals surface area contributed by atoms with Crippen LogP contribution in [0.2, 0.25) is 0 Å². The fourth-order valence-electron chi connectivity index (χ4n) is 2.50. The summed E-state index contributed by atoms with van der Waals surface area (Å²) in [6.45, 7) is 4.25. The van der Waals surface area contributed by atoms with Gasteiger partial charge in [0.2, 0.25) is 0 Å². The number of fused-ring (bicyclic) bond motifs is 1. The quantitative estimate of drug-likeness (QED) is 0.861. The van der Waals surface area contributed by atoms with Gasteiger partial charge in [-0.15, -0.1) is 0 Å². The molecule has 1 atom stereocenters. The molecule has 1 heterocycles. The maximum atomic E-state index is 3.49. The van der Waals surface area contributed by atoms with E-state index >= 15 is 0 Å². The van der Waals surface area contributed by atoms with Crippen LogP contribution in [0.4, 0.5) is 11.4 Å². The molecule has 2 heteroatoms. The Balaban J connectivity index is 1.91. The van der Waals surface area contributed by atoms with Gasteiger partial charge in [0, 0.05) is 19.1 Å². The highest BCUT2D eigenvalue weighted by Crippen LogP contribution is 2.32. The van der Waals surface area contributed by atoms with E-state index in [1.54, 1.807) is 0 Å². The highest BCUT2D eigenvalue weighted by molar-refractivity contribution is 5.72. The second kappa shape index (κ2) is 4.73. The summed E-state index contributed by atoms with van der Waals surface area (Å²) in [7, 11) is 0. The van der Waals surface area contributed by atoms with Crippen molar-refractivity contribution in [1.82, 2.24) is 0 Å². The predicted molar refractivity (Wildman–Crippen MR) is 77.0 cm³/mol. The zero-order valence-corrected chi connectivity index (χ0v) is 10.6. The second-order valence-electron chi connectivity index (χ2n) is 4.86. The Bertz CT molecular complexity index is 522. The van der Waals surface area contributed by atoms with E-state index in [0.717, 1.165) is 13.1 Å². The molecule has 3 rings (SSSR count). The number of rotatable bonds is 2.